The zero-order valence-corrected chi connectivity index (χ0v) is 13.3. The first-order valence-electron chi connectivity index (χ1n) is 7.41. The molecule has 126 valence electrons. The summed E-state index contributed by atoms with van der Waals surface area (Å²) in [4.78, 5) is 26.2. The normalized spacial score (nSPS) is 10.0. The first-order valence-corrected chi connectivity index (χ1v) is 7.41. The average Bonchev–Trinajstić information content (AvgIpc) is 2.60. The highest BCUT2D eigenvalue weighted by Gasteiger charge is 2.06. The monoisotopic (exact) mass is 329 g/mol. The van der Waals surface area contributed by atoms with E-state index in [4.69, 9.17) is 9.84 Å². The molecule has 0 saturated heterocycles. The fourth-order valence-corrected chi connectivity index (χ4v) is 1.95. The van der Waals surface area contributed by atoms with Crippen molar-refractivity contribution < 1.29 is 19.4 Å². The molecule has 24 heavy (non-hydrogen) atoms. The molecule has 3 N–H and O–H groups in total. The van der Waals surface area contributed by atoms with Gasteiger partial charge in [-0.25, -0.2) is 4.98 Å². The zero-order chi connectivity index (χ0) is 17.4. The van der Waals surface area contributed by atoms with Crippen LogP contribution in [0.15, 0.2) is 42.6 Å². The second-order valence-corrected chi connectivity index (χ2v) is 5.08. The van der Waals surface area contributed by atoms with Crippen molar-refractivity contribution in [2.45, 2.75) is 19.4 Å². The molecule has 2 rings (SSSR count). The van der Waals surface area contributed by atoms with Crippen molar-refractivity contribution in [3.63, 3.8) is 0 Å². The van der Waals surface area contributed by atoms with Crippen LogP contribution in [-0.2, 0) is 16.1 Å². The Labute approximate surface area is 139 Å². The largest absolute Gasteiger partial charge is 0.497 e. The molecule has 0 unspecified atom stereocenters. The van der Waals surface area contributed by atoms with Crippen molar-refractivity contribution >= 4 is 23.4 Å². The lowest BCUT2D eigenvalue weighted by atomic mass is 10.2. The van der Waals surface area contributed by atoms with Crippen molar-refractivity contribution in [3.8, 4) is 5.75 Å². The van der Waals surface area contributed by atoms with Gasteiger partial charge in [-0.1, -0.05) is 12.1 Å². The molecule has 0 aliphatic heterocycles. The molecule has 1 amide bonds. The highest BCUT2D eigenvalue weighted by atomic mass is 16.5. The van der Waals surface area contributed by atoms with E-state index < -0.39 is 5.97 Å². The predicted molar refractivity (Wildman–Crippen MR) is 90.1 cm³/mol. The second-order valence-electron chi connectivity index (χ2n) is 5.08. The van der Waals surface area contributed by atoms with Crippen molar-refractivity contribution in [1.29, 1.82) is 0 Å². The molecular weight excluding hydrogens is 310 g/mol. The van der Waals surface area contributed by atoms with E-state index in [1.807, 2.05) is 24.3 Å². The summed E-state index contributed by atoms with van der Waals surface area (Å²) in [6, 6.07) is 11.2. The van der Waals surface area contributed by atoms with Gasteiger partial charge in [0.2, 0.25) is 5.91 Å². The Bertz CT molecular complexity index is 684. The van der Waals surface area contributed by atoms with Crippen LogP contribution in [0.1, 0.15) is 18.4 Å². The van der Waals surface area contributed by atoms with E-state index in [-0.39, 0.29) is 18.7 Å². The quantitative estimate of drug-likeness (QED) is 0.688. The van der Waals surface area contributed by atoms with Gasteiger partial charge >= 0.3 is 5.97 Å². The van der Waals surface area contributed by atoms with Gasteiger partial charge in [-0.05, 0) is 29.8 Å². The van der Waals surface area contributed by atoms with E-state index in [2.05, 4.69) is 15.6 Å². The molecule has 0 bridgehead atoms. The predicted octanol–water partition coefficient (Wildman–Crippen LogP) is 2.51. The minimum atomic E-state index is -0.999. The maximum absolute atomic E-state index is 11.5. The third-order valence-electron chi connectivity index (χ3n) is 3.25. The number of amides is 1. The van der Waals surface area contributed by atoms with Gasteiger partial charge in [-0.3, -0.25) is 9.59 Å². The summed E-state index contributed by atoms with van der Waals surface area (Å²) in [6.07, 6.45) is 1.27. The number of rotatable bonds is 8. The number of methoxy groups -OCH3 is 1. The number of pyridine rings is 1. The van der Waals surface area contributed by atoms with Gasteiger partial charge in [0, 0.05) is 13.0 Å². The zero-order valence-electron chi connectivity index (χ0n) is 13.3. The van der Waals surface area contributed by atoms with Crippen LogP contribution < -0.4 is 15.4 Å². The van der Waals surface area contributed by atoms with Gasteiger partial charge in [0.1, 0.15) is 11.6 Å². The number of anilines is 2. The Morgan fingerprint density at radius 2 is 1.88 bits per heavy atom. The Kier molecular flexibility index (Phi) is 6.13. The molecule has 7 heteroatoms. The van der Waals surface area contributed by atoms with Crippen LogP contribution in [0.4, 0.5) is 11.5 Å². The van der Waals surface area contributed by atoms with Gasteiger partial charge in [-0.15, -0.1) is 0 Å². The lowest BCUT2D eigenvalue weighted by Gasteiger charge is -2.08. The Morgan fingerprint density at radius 1 is 1.12 bits per heavy atom. The second kappa shape index (κ2) is 8.52. The van der Waals surface area contributed by atoms with Crippen molar-refractivity contribution in [1.82, 2.24) is 4.98 Å². The number of hydrogen-bond acceptors (Lipinski definition) is 5. The number of aromatic nitrogens is 1. The molecule has 1 heterocycles. The van der Waals surface area contributed by atoms with E-state index in [9.17, 15) is 9.59 Å². The highest BCUT2D eigenvalue weighted by molar-refractivity contribution is 5.92. The Balaban J connectivity index is 1.82. The van der Waals surface area contributed by atoms with Gasteiger partial charge in [0.15, 0.2) is 0 Å². The first kappa shape index (κ1) is 17.3. The lowest BCUT2D eigenvalue weighted by Crippen LogP contribution is -2.13. The molecule has 2 aromatic rings. The SMILES string of the molecule is COc1ccc(CNc2ccc(NC(=O)CCC(=O)O)cn2)cc1. The maximum atomic E-state index is 11.5. The van der Waals surface area contributed by atoms with E-state index in [1.165, 1.54) is 6.20 Å². The molecule has 7 nitrogen and oxygen atoms in total. The number of carboxylic acid groups (broad SMARTS) is 1. The smallest absolute Gasteiger partial charge is 0.303 e. The maximum Gasteiger partial charge on any atom is 0.303 e. The van der Waals surface area contributed by atoms with Crippen molar-refractivity contribution in [2.24, 2.45) is 0 Å². The number of aliphatic carboxylic acids is 1. The van der Waals surface area contributed by atoms with Crippen LogP contribution in [0.5, 0.6) is 5.75 Å². The standard InChI is InChI=1S/C17H19N3O4/c1-24-14-5-2-12(3-6-14)10-18-15-7-4-13(11-19-15)20-16(21)8-9-17(22)23/h2-7,11H,8-10H2,1H3,(H,18,19)(H,20,21)(H,22,23). The number of carbonyl (C=O) groups excluding carboxylic acids is 1. The summed E-state index contributed by atoms with van der Waals surface area (Å²) in [5.41, 5.74) is 1.61. The number of nitrogens with one attached hydrogen (secondary N) is 2. The van der Waals surface area contributed by atoms with Gasteiger partial charge in [0.25, 0.3) is 0 Å². The summed E-state index contributed by atoms with van der Waals surface area (Å²) in [5.74, 6) is 0.133. The molecule has 0 aliphatic rings. The summed E-state index contributed by atoms with van der Waals surface area (Å²) in [6.45, 7) is 0.612. The van der Waals surface area contributed by atoms with E-state index in [0.717, 1.165) is 11.3 Å². The lowest BCUT2D eigenvalue weighted by molar-refractivity contribution is -0.138. The summed E-state index contributed by atoms with van der Waals surface area (Å²) < 4.78 is 5.11. The fraction of sp³-hybridized carbons (Fsp3) is 0.235. The molecule has 1 aromatic carbocycles. The van der Waals surface area contributed by atoms with Crippen LogP contribution in [0.3, 0.4) is 0 Å². The van der Waals surface area contributed by atoms with Crippen LogP contribution in [0.2, 0.25) is 0 Å². The van der Waals surface area contributed by atoms with E-state index in [1.54, 1.807) is 19.2 Å². The van der Waals surface area contributed by atoms with E-state index >= 15 is 0 Å². The van der Waals surface area contributed by atoms with Gasteiger partial charge < -0.3 is 20.5 Å². The molecule has 0 aliphatic carbocycles. The average molecular weight is 329 g/mol. The Hall–Kier alpha value is -3.09. The van der Waals surface area contributed by atoms with Crippen LogP contribution in [0.25, 0.3) is 0 Å². The molecule has 0 radical (unpaired) electrons. The number of carboxylic acids is 1. The first-order chi connectivity index (χ1) is 11.6. The van der Waals surface area contributed by atoms with Crippen molar-refractivity contribution in [2.75, 3.05) is 17.7 Å². The molecule has 0 saturated carbocycles. The van der Waals surface area contributed by atoms with Crippen LogP contribution >= 0.6 is 0 Å². The molecule has 1 aromatic heterocycles. The molecular formula is C17H19N3O4. The number of nitrogens with zero attached hydrogens (tertiary/aromatic N) is 1. The highest BCUT2D eigenvalue weighted by Crippen LogP contribution is 2.14. The third-order valence-corrected chi connectivity index (χ3v) is 3.25. The number of carbonyl (C=O) groups is 2. The molecule has 0 spiro atoms. The number of hydrogen-bond donors (Lipinski definition) is 3. The summed E-state index contributed by atoms with van der Waals surface area (Å²) in [5, 5.41) is 14.3. The van der Waals surface area contributed by atoms with Crippen LogP contribution in [-0.4, -0.2) is 29.1 Å². The number of ether oxygens (including phenoxy) is 1. The fourth-order valence-electron chi connectivity index (χ4n) is 1.95. The minimum absolute atomic E-state index is 0.0627. The molecule has 0 fully saturated rings. The van der Waals surface area contributed by atoms with Gasteiger partial charge in [0.05, 0.1) is 25.4 Å². The van der Waals surface area contributed by atoms with Crippen molar-refractivity contribution in [3.05, 3.63) is 48.2 Å². The number of benzene rings is 1. The third kappa shape index (κ3) is 5.60. The minimum Gasteiger partial charge on any atom is -0.497 e. The topological polar surface area (TPSA) is 101 Å². The summed E-state index contributed by atoms with van der Waals surface area (Å²) >= 11 is 0. The summed E-state index contributed by atoms with van der Waals surface area (Å²) in [7, 11) is 1.62. The van der Waals surface area contributed by atoms with E-state index in [0.29, 0.717) is 18.1 Å². The van der Waals surface area contributed by atoms with Crippen LogP contribution in [0, 0.1) is 0 Å². The van der Waals surface area contributed by atoms with Gasteiger partial charge in [-0.2, -0.15) is 0 Å². The Morgan fingerprint density at radius 3 is 2.46 bits per heavy atom. The molecule has 0 atom stereocenters.